The van der Waals surface area contributed by atoms with Crippen LogP contribution in [0.5, 0.6) is 5.75 Å². The van der Waals surface area contributed by atoms with Gasteiger partial charge in [-0.3, -0.25) is 4.79 Å². The summed E-state index contributed by atoms with van der Waals surface area (Å²) in [7, 11) is 1.57. The number of benzene rings is 1. The van der Waals surface area contributed by atoms with E-state index in [2.05, 4.69) is 4.79 Å². The van der Waals surface area contributed by atoms with Crippen molar-refractivity contribution < 1.29 is 42.8 Å². The number of ether oxygens (including phenoxy) is 6. The molecule has 0 spiro atoms. The van der Waals surface area contributed by atoms with Crippen molar-refractivity contribution in [3.63, 3.8) is 0 Å². The molecule has 2 saturated heterocycles. The summed E-state index contributed by atoms with van der Waals surface area (Å²) < 4.78 is 33.1. The number of carbonyl (C=O) groups excluding carboxylic acids is 2. The lowest BCUT2D eigenvalue weighted by molar-refractivity contribution is -0.217. The Morgan fingerprint density at radius 1 is 1.20 bits per heavy atom. The van der Waals surface area contributed by atoms with E-state index in [0.717, 1.165) is 5.56 Å². The molecule has 0 saturated carbocycles. The van der Waals surface area contributed by atoms with Crippen LogP contribution in [0.25, 0.3) is 5.53 Å². The van der Waals surface area contributed by atoms with Crippen LogP contribution in [0.4, 0.5) is 0 Å². The summed E-state index contributed by atoms with van der Waals surface area (Å²) in [5.41, 5.74) is 9.22. The maximum atomic E-state index is 12.9. The summed E-state index contributed by atoms with van der Waals surface area (Å²) >= 11 is 0. The minimum atomic E-state index is -1.27. The first-order valence-electron chi connectivity index (χ1n) is 9.48. The number of hydrogen-bond acceptors (Lipinski definition) is 8. The molecule has 0 aromatic heterocycles. The van der Waals surface area contributed by atoms with Gasteiger partial charge in [-0.1, -0.05) is 12.1 Å². The van der Waals surface area contributed by atoms with E-state index in [1.807, 2.05) is 12.1 Å². The summed E-state index contributed by atoms with van der Waals surface area (Å²) in [5, 5.41) is 0. The molecule has 0 radical (unpaired) electrons. The zero-order chi connectivity index (χ0) is 21.9. The number of rotatable bonds is 8. The SMILES string of the molecule is CCOC(=O)C(=[N+]=[N-])C(=O)[C@H]1O[C@@H]2OC(C)(C)O[C@@H]2[C@H]1OCc1ccc(OC)cc1. The van der Waals surface area contributed by atoms with E-state index in [1.165, 1.54) is 0 Å². The molecule has 0 aliphatic carbocycles. The zero-order valence-corrected chi connectivity index (χ0v) is 17.2. The third-order valence-corrected chi connectivity index (χ3v) is 4.65. The monoisotopic (exact) mass is 420 g/mol. The second-order valence-electron chi connectivity index (χ2n) is 7.18. The third-order valence-electron chi connectivity index (χ3n) is 4.65. The van der Waals surface area contributed by atoms with Crippen molar-refractivity contribution in [2.75, 3.05) is 13.7 Å². The molecule has 3 rings (SSSR count). The van der Waals surface area contributed by atoms with Gasteiger partial charge in [0.1, 0.15) is 18.0 Å². The highest BCUT2D eigenvalue weighted by Crippen LogP contribution is 2.39. The highest BCUT2D eigenvalue weighted by molar-refractivity contribution is 6.63. The van der Waals surface area contributed by atoms with Gasteiger partial charge < -0.3 is 34.0 Å². The van der Waals surface area contributed by atoms with Crippen LogP contribution >= 0.6 is 0 Å². The molecule has 0 amide bonds. The number of Topliss-reactive ketones (excluding diaryl/α,β-unsaturated/α-hetero) is 1. The molecule has 2 heterocycles. The van der Waals surface area contributed by atoms with Gasteiger partial charge in [0.2, 0.25) is 0 Å². The highest BCUT2D eigenvalue weighted by atomic mass is 16.8. The maximum Gasteiger partial charge on any atom is 0.444 e. The van der Waals surface area contributed by atoms with E-state index in [-0.39, 0.29) is 13.2 Å². The Bertz CT molecular complexity index is 847. The number of methoxy groups -OCH3 is 1. The largest absolute Gasteiger partial charge is 0.497 e. The fourth-order valence-corrected chi connectivity index (χ4v) is 3.31. The maximum absolute atomic E-state index is 12.9. The van der Waals surface area contributed by atoms with Crippen molar-refractivity contribution in [3.05, 3.63) is 35.4 Å². The van der Waals surface area contributed by atoms with Crippen molar-refractivity contribution >= 4 is 17.5 Å². The topological polar surface area (TPSA) is 126 Å². The highest BCUT2D eigenvalue weighted by Gasteiger charge is 2.59. The predicted molar refractivity (Wildman–Crippen MR) is 101 cm³/mol. The summed E-state index contributed by atoms with van der Waals surface area (Å²) in [6, 6.07) is 7.20. The quantitative estimate of drug-likeness (QED) is 0.202. The molecule has 1 aromatic rings. The van der Waals surface area contributed by atoms with Crippen LogP contribution in [-0.4, -0.2) is 66.4 Å². The molecule has 0 N–H and O–H groups in total. The summed E-state index contributed by atoms with van der Waals surface area (Å²) in [4.78, 5) is 27.6. The lowest BCUT2D eigenvalue weighted by Gasteiger charge is -2.24. The van der Waals surface area contributed by atoms with Crippen molar-refractivity contribution in [2.45, 2.75) is 57.8 Å². The molecule has 10 nitrogen and oxygen atoms in total. The lowest BCUT2D eigenvalue weighted by Crippen LogP contribution is -2.45. The minimum Gasteiger partial charge on any atom is -0.497 e. The Balaban J connectivity index is 1.79. The van der Waals surface area contributed by atoms with E-state index < -0.39 is 47.9 Å². The summed E-state index contributed by atoms with van der Waals surface area (Å²) in [6.45, 7) is 5.15. The fourth-order valence-electron chi connectivity index (χ4n) is 3.31. The van der Waals surface area contributed by atoms with Gasteiger partial charge in [-0.05, 0) is 38.5 Å². The van der Waals surface area contributed by atoms with Gasteiger partial charge in [-0.2, -0.15) is 4.79 Å². The number of ketones is 1. The van der Waals surface area contributed by atoms with Crippen molar-refractivity contribution in [2.24, 2.45) is 0 Å². The molecule has 2 aliphatic heterocycles. The van der Waals surface area contributed by atoms with Gasteiger partial charge in [0.15, 0.2) is 18.2 Å². The number of esters is 1. The molecular formula is C20H24N2O8. The number of hydrogen-bond donors (Lipinski definition) is 0. The second-order valence-corrected chi connectivity index (χ2v) is 7.18. The first-order valence-corrected chi connectivity index (χ1v) is 9.48. The lowest BCUT2D eigenvalue weighted by atomic mass is 10.0. The minimum absolute atomic E-state index is 0.0136. The van der Waals surface area contributed by atoms with Crippen molar-refractivity contribution in [3.8, 4) is 5.75 Å². The second kappa shape index (κ2) is 9.03. The Hall–Kier alpha value is -2.62. The standard InChI is InChI=1S/C20H24N2O8/c1-5-26-18(24)13(22-21)14(23)15-16(17-19(28-15)30-20(2,3)29-17)27-10-11-6-8-12(25-4)9-7-11/h6-9,15-17,19H,5,10H2,1-4H3/t15-,16+,17-,19-/m1/s1. The van der Waals surface area contributed by atoms with Gasteiger partial charge in [0.05, 0.1) is 20.3 Å². The molecule has 30 heavy (non-hydrogen) atoms. The van der Waals surface area contributed by atoms with E-state index in [4.69, 9.17) is 28.4 Å². The Kier molecular flexibility index (Phi) is 6.64. The van der Waals surface area contributed by atoms with Crippen LogP contribution in [0.3, 0.4) is 0 Å². The fraction of sp³-hybridized carbons (Fsp3) is 0.550. The smallest absolute Gasteiger partial charge is 0.444 e. The molecule has 2 fully saturated rings. The first-order chi connectivity index (χ1) is 14.3. The van der Waals surface area contributed by atoms with Crippen molar-refractivity contribution in [1.29, 1.82) is 0 Å². The molecule has 10 heteroatoms. The van der Waals surface area contributed by atoms with E-state index in [1.54, 1.807) is 40.0 Å². The molecule has 0 unspecified atom stereocenters. The average molecular weight is 420 g/mol. The van der Waals surface area contributed by atoms with Crippen LogP contribution in [0, 0.1) is 0 Å². The predicted octanol–water partition coefficient (Wildman–Crippen LogP) is 1.26. The van der Waals surface area contributed by atoms with Gasteiger partial charge in [-0.15, -0.1) is 0 Å². The number of fused-ring (bicyclic) bond motifs is 1. The molecular weight excluding hydrogens is 396 g/mol. The van der Waals surface area contributed by atoms with Crippen LogP contribution in [0.15, 0.2) is 24.3 Å². The number of carbonyl (C=O) groups is 2. The van der Waals surface area contributed by atoms with E-state index in [0.29, 0.717) is 5.75 Å². The molecule has 2 aliphatic rings. The molecule has 4 atom stereocenters. The number of nitrogens with zero attached hydrogens (tertiary/aromatic N) is 2. The molecule has 1 aromatic carbocycles. The molecule has 162 valence electrons. The Labute approximate surface area is 173 Å². The van der Waals surface area contributed by atoms with Crippen LogP contribution in [0.2, 0.25) is 0 Å². The van der Waals surface area contributed by atoms with Crippen LogP contribution in [0.1, 0.15) is 26.3 Å². The average Bonchev–Trinajstić information content (AvgIpc) is 3.19. The molecule has 0 bridgehead atoms. The van der Waals surface area contributed by atoms with Gasteiger partial charge >= 0.3 is 11.7 Å². The van der Waals surface area contributed by atoms with Crippen LogP contribution < -0.4 is 4.74 Å². The van der Waals surface area contributed by atoms with Gasteiger partial charge in [0, 0.05) is 0 Å². The van der Waals surface area contributed by atoms with Crippen LogP contribution in [-0.2, 0) is 39.9 Å². The zero-order valence-electron chi connectivity index (χ0n) is 17.2. The summed E-state index contributed by atoms with van der Waals surface area (Å²) in [6.07, 6.45) is -3.77. The van der Waals surface area contributed by atoms with E-state index >= 15 is 0 Å². The van der Waals surface area contributed by atoms with Crippen molar-refractivity contribution in [1.82, 2.24) is 0 Å². The Morgan fingerprint density at radius 3 is 2.50 bits per heavy atom. The summed E-state index contributed by atoms with van der Waals surface area (Å²) in [5.74, 6) is -2.17. The van der Waals surface area contributed by atoms with Gasteiger partial charge in [0.25, 0.3) is 5.78 Å². The normalized spacial score (nSPS) is 26.5. The Morgan fingerprint density at radius 2 is 1.90 bits per heavy atom. The van der Waals surface area contributed by atoms with Gasteiger partial charge in [-0.25, -0.2) is 4.79 Å². The first kappa shape index (κ1) is 22.1. The van der Waals surface area contributed by atoms with E-state index in [9.17, 15) is 15.1 Å². The third kappa shape index (κ3) is 4.58.